The molecule has 0 rings (SSSR count). The molecule has 0 aliphatic rings. The number of hydrogen-bond donors (Lipinski definition) is 7. The number of phosphoric acid groups is 1. The van der Waals surface area contributed by atoms with E-state index >= 15 is 0 Å². The summed E-state index contributed by atoms with van der Waals surface area (Å²) >= 11 is 0. The van der Waals surface area contributed by atoms with Gasteiger partial charge in [-0.3, -0.25) is 9.59 Å². The van der Waals surface area contributed by atoms with Crippen LogP contribution in [0, 0.1) is 0 Å². The molecule has 0 saturated carbocycles. The molecular weight excluding hydrogens is 383 g/mol. The van der Waals surface area contributed by atoms with Gasteiger partial charge in [-0.25, -0.2) is 9.36 Å². The van der Waals surface area contributed by atoms with Crippen molar-refractivity contribution in [2.24, 2.45) is 0 Å². The maximum absolute atomic E-state index is 10.3. The predicted molar refractivity (Wildman–Crippen MR) is 61.9 cm³/mol. The molecule has 7 N–H and O–H groups in total. The Kier molecular flexibility index (Phi) is 31.2. The van der Waals surface area contributed by atoms with Crippen LogP contribution in [0.5, 0.6) is 0 Å². The summed E-state index contributed by atoms with van der Waals surface area (Å²) in [7, 11) is -4.64. The van der Waals surface area contributed by atoms with Gasteiger partial charge in [0.1, 0.15) is 0 Å². The maximum atomic E-state index is 10.3. The number of carbonyl (C=O) groups is 3. The molecule has 0 amide bonds. The van der Waals surface area contributed by atoms with E-state index in [4.69, 9.17) is 39.7 Å². The van der Waals surface area contributed by atoms with Crippen LogP contribution in [0.2, 0.25) is 0 Å². The number of rotatable bonds is 5. The summed E-state index contributed by atoms with van der Waals surface area (Å²) in [6, 6.07) is 0. The van der Waals surface area contributed by atoms with Crippen LogP contribution in [0.3, 0.4) is 0 Å². The smallest absolute Gasteiger partial charge is 1.00 e. The van der Waals surface area contributed by atoms with Gasteiger partial charge < -0.3 is 39.4 Å². The van der Waals surface area contributed by atoms with Crippen molar-refractivity contribution in [2.45, 2.75) is 18.4 Å². The van der Waals surface area contributed by atoms with Gasteiger partial charge in [-0.15, -0.1) is 12.4 Å². The standard InChI is InChI=1S/C6H8O7.ClH.3Na.H3O4P.3H/c7-3(8)1-6(13,5(11)12)2-4(9)10;;;;;1-5(2,3)4;;;/h13H,1-2H2,(H,7,8)(H,9,10)(H,11,12);1H;;;;(H3,1,2,3,4);;;/q;;3*+1;;3*-1. The average Bonchev–Trinajstić information content (AvgIpc) is 1.95. The number of hydrogen-bond acceptors (Lipinski definition) is 5. The molecule has 0 aliphatic heterocycles. The number of aliphatic hydroxyl groups is 1. The van der Waals surface area contributed by atoms with E-state index in [1.54, 1.807) is 0 Å². The number of carboxylic acid groups (broad SMARTS) is 3. The van der Waals surface area contributed by atoms with E-state index in [2.05, 4.69) is 0 Å². The summed E-state index contributed by atoms with van der Waals surface area (Å²) in [4.78, 5) is 52.0. The maximum Gasteiger partial charge on any atom is 1.00 e. The van der Waals surface area contributed by atoms with Crippen molar-refractivity contribution in [3.63, 3.8) is 0 Å². The Morgan fingerprint density at radius 3 is 1.14 bits per heavy atom. The second-order valence-corrected chi connectivity index (χ2v) is 4.02. The summed E-state index contributed by atoms with van der Waals surface area (Å²) in [5.41, 5.74) is -2.74. The molecule has 0 aromatic heterocycles. The largest absolute Gasteiger partial charge is 1.00 e. The van der Waals surface area contributed by atoms with Gasteiger partial charge in [0.25, 0.3) is 0 Å². The van der Waals surface area contributed by atoms with E-state index in [9.17, 15) is 14.4 Å². The van der Waals surface area contributed by atoms with Crippen LogP contribution < -0.4 is 88.7 Å². The van der Waals surface area contributed by atoms with Gasteiger partial charge >= 0.3 is 114 Å². The minimum absolute atomic E-state index is 0. The van der Waals surface area contributed by atoms with E-state index in [1.165, 1.54) is 0 Å². The number of aliphatic carboxylic acids is 3. The third kappa shape index (κ3) is 29.7. The van der Waals surface area contributed by atoms with E-state index in [0.717, 1.165) is 0 Å². The minimum Gasteiger partial charge on any atom is -1.00 e. The molecule has 22 heavy (non-hydrogen) atoms. The quantitative estimate of drug-likeness (QED) is 0.171. The van der Waals surface area contributed by atoms with Crippen molar-refractivity contribution in [1.29, 1.82) is 0 Å². The third-order valence-corrected chi connectivity index (χ3v) is 1.29. The molecule has 0 fully saturated rings. The molecule has 0 heterocycles. The fraction of sp³-hybridized carbons (Fsp3) is 0.500. The van der Waals surface area contributed by atoms with E-state index in [1.807, 2.05) is 0 Å². The first-order valence-electron chi connectivity index (χ1n) is 3.95. The molecule has 0 radical (unpaired) electrons. The zero-order valence-corrected chi connectivity index (χ0v) is 19.7. The van der Waals surface area contributed by atoms with Crippen molar-refractivity contribution in [3.8, 4) is 0 Å². The second kappa shape index (κ2) is 17.6. The summed E-state index contributed by atoms with van der Waals surface area (Å²) in [6.45, 7) is 0. The monoisotopic (exact) mass is 398 g/mol. The molecule has 0 atom stereocenters. The molecule has 0 saturated heterocycles. The molecule has 0 aromatic carbocycles. The molecule has 0 bridgehead atoms. The van der Waals surface area contributed by atoms with Gasteiger partial charge in [-0.05, 0) is 0 Å². The zero-order chi connectivity index (χ0) is 15.1. The van der Waals surface area contributed by atoms with Gasteiger partial charge in [0.05, 0.1) is 12.8 Å². The van der Waals surface area contributed by atoms with Crippen LogP contribution in [0.1, 0.15) is 17.1 Å². The summed E-state index contributed by atoms with van der Waals surface area (Å²) in [5.74, 6) is -5.02. The van der Waals surface area contributed by atoms with E-state index in [0.29, 0.717) is 0 Å². The van der Waals surface area contributed by atoms with Gasteiger partial charge in [0.15, 0.2) is 5.60 Å². The SMILES string of the molecule is Cl.O=C(O)CC(O)(CC(=O)O)C(=O)O.O=P(O)(O)O.[H-].[H-].[H-].[Na+].[Na+].[Na+]. The summed E-state index contributed by atoms with van der Waals surface area (Å²) < 4.78 is 8.88. The van der Waals surface area contributed by atoms with Crippen molar-refractivity contribution in [3.05, 3.63) is 0 Å². The topological polar surface area (TPSA) is 210 Å². The second-order valence-electron chi connectivity index (χ2n) is 2.99. The molecule has 120 valence electrons. The molecule has 16 heteroatoms. The molecule has 11 nitrogen and oxygen atoms in total. The molecule has 0 aliphatic carbocycles. The first-order chi connectivity index (χ1) is 7.78. The van der Waals surface area contributed by atoms with Gasteiger partial charge in [-0.1, -0.05) is 0 Å². The van der Waals surface area contributed by atoms with E-state index < -0.39 is 44.2 Å². The Balaban J connectivity index is -0.0000000274. The van der Waals surface area contributed by atoms with E-state index in [-0.39, 0.29) is 105 Å². The fourth-order valence-electron chi connectivity index (χ4n) is 0.714. The van der Waals surface area contributed by atoms with Crippen molar-refractivity contribution >= 4 is 38.1 Å². The Morgan fingerprint density at radius 2 is 1.05 bits per heavy atom. The van der Waals surface area contributed by atoms with Crippen LogP contribution in [0.15, 0.2) is 0 Å². The zero-order valence-electron chi connectivity index (χ0n) is 15.0. The first-order valence-corrected chi connectivity index (χ1v) is 5.52. The first kappa shape index (κ1) is 39.0. The number of halogens is 1. The Labute approximate surface area is 201 Å². The summed E-state index contributed by atoms with van der Waals surface area (Å²) in [5, 5.41) is 33.8. The van der Waals surface area contributed by atoms with Crippen molar-refractivity contribution < 1.29 is 147 Å². The minimum atomic E-state index is -4.64. The predicted octanol–water partition coefficient (Wildman–Crippen LogP) is -10.4. The fourth-order valence-corrected chi connectivity index (χ4v) is 0.714. The Hall–Kier alpha value is 1.77. The Morgan fingerprint density at radius 1 is 0.864 bits per heavy atom. The third-order valence-electron chi connectivity index (χ3n) is 1.29. The van der Waals surface area contributed by atoms with Crippen molar-refractivity contribution in [2.75, 3.05) is 0 Å². The van der Waals surface area contributed by atoms with Crippen LogP contribution in [0.25, 0.3) is 0 Å². The molecule has 0 aromatic rings. The Bertz CT molecular complexity index is 375. The van der Waals surface area contributed by atoms with Crippen LogP contribution in [0.4, 0.5) is 0 Å². The van der Waals surface area contributed by atoms with Crippen molar-refractivity contribution in [1.82, 2.24) is 0 Å². The average molecular weight is 399 g/mol. The molecular formula is C6H15ClNa3O11P. The van der Waals surface area contributed by atoms with Crippen LogP contribution in [-0.2, 0) is 18.9 Å². The van der Waals surface area contributed by atoms with Crippen LogP contribution >= 0.6 is 20.2 Å². The van der Waals surface area contributed by atoms with Crippen LogP contribution in [-0.4, -0.2) is 58.6 Å². The van der Waals surface area contributed by atoms with Gasteiger partial charge in [0.2, 0.25) is 0 Å². The molecule has 0 unspecified atom stereocenters. The normalized spacial score (nSPS) is 9.09. The summed E-state index contributed by atoms with van der Waals surface area (Å²) in [6.07, 6.45) is -2.29. The molecule has 0 spiro atoms. The number of carboxylic acids is 3. The van der Waals surface area contributed by atoms with Gasteiger partial charge in [-0.2, -0.15) is 0 Å². The van der Waals surface area contributed by atoms with Gasteiger partial charge in [0, 0.05) is 0 Å².